The zero-order valence-electron chi connectivity index (χ0n) is 16.6. The predicted octanol–water partition coefficient (Wildman–Crippen LogP) is 4.01. The molecule has 5 nitrogen and oxygen atoms in total. The highest BCUT2D eigenvalue weighted by Gasteiger charge is 2.35. The lowest BCUT2D eigenvalue weighted by Gasteiger charge is -2.30. The zero-order valence-corrected chi connectivity index (χ0v) is 19.0. The summed E-state index contributed by atoms with van der Waals surface area (Å²) >= 11 is 0. The molecule has 0 bridgehead atoms. The topological polar surface area (TPSA) is 62.7 Å². The number of carbonyl (C=O) groups excluding carboxylic acids is 1. The molecule has 0 amide bonds. The molecule has 2 rings (SSSR count). The molecule has 0 aliphatic heterocycles. The van der Waals surface area contributed by atoms with Gasteiger partial charge in [-0.1, -0.05) is 49.6 Å². The maximum absolute atomic E-state index is 11.1. The van der Waals surface area contributed by atoms with Crippen LogP contribution in [0.5, 0.6) is 0 Å². The van der Waals surface area contributed by atoms with Gasteiger partial charge < -0.3 is 15.4 Å². The molecule has 1 aliphatic rings. The van der Waals surface area contributed by atoms with Crippen LogP contribution in [0.25, 0.3) is 0 Å². The molecule has 1 fully saturated rings. The second-order valence-electron chi connectivity index (χ2n) is 7.09. The third kappa shape index (κ3) is 7.68. The van der Waals surface area contributed by atoms with Crippen molar-refractivity contribution in [1.82, 2.24) is 10.6 Å². The lowest BCUT2D eigenvalue weighted by atomic mass is 9.79. The molecule has 0 atom stereocenters. The second kappa shape index (κ2) is 13.0. The van der Waals surface area contributed by atoms with Crippen LogP contribution >= 0.6 is 24.0 Å². The van der Waals surface area contributed by atoms with E-state index in [1.165, 1.54) is 38.4 Å². The average molecular weight is 487 g/mol. The highest BCUT2D eigenvalue weighted by molar-refractivity contribution is 14.0. The van der Waals surface area contributed by atoms with Gasteiger partial charge in [-0.05, 0) is 31.2 Å². The van der Waals surface area contributed by atoms with Gasteiger partial charge in [0, 0.05) is 32.0 Å². The summed E-state index contributed by atoms with van der Waals surface area (Å²) in [4.78, 5) is 15.4. The van der Waals surface area contributed by atoms with Crippen molar-refractivity contribution < 1.29 is 9.53 Å². The van der Waals surface area contributed by atoms with Crippen LogP contribution in [0.3, 0.4) is 0 Å². The summed E-state index contributed by atoms with van der Waals surface area (Å²) in [5.41, 5.74) is 1.66. The molecule has 6 heteroatoms. The van der Waals surface area contributed by atoms with Crippen molar-refractivity contribution in [3.8, 4) is 0 Å². The third-order valence-corrected chi connectivity index (χ3v) is 5.34. The summed E-state index contributed by atoms with van der Waals surface area (Å²) in [5, 5.41) is 6.92. The van der Waals surface area contributed by atoms with E-state index in [0.29, 0.717) is 6.42 Å². The minimum Gasteiger partial charge on any atom is -0.469 e. The first-order chi connectivity index (χ1) is 12.7. The zero-order chi connectivity index (χ0) is 18.7. The van der Waals surface area contributed by atoms with Gasteiger partial charge in [0.1, 0.15) is 0 Å². The van der Waals surface area contributed by atoms with E-state index in [0.717, 1.165) is 38.3 Å². The molecule has 0 aromatic heterocycles. The SMILES string of the molecule is CN=C(NCCCCCC(=O)OC)NCC1(c2ccccc2)CCCC1.I. The van der Waals surface area contributed by atoms with E-state index in [2.05, 4.69) is 50.7 Å². The number of unbranched alkanes of at least 4 members (excludes halogenated alkanes) is 2. The van der Waals surface area contributed by atoms with Gasteiger partial charge >= 0.3 is 5.97 Å². The number of aliphatic imine (C=N–C) groups is 1. The Morgan fingerprint density at radius 3 is 2.44 bits per heavy atom. The molecule has 2 N–H and O–H groups in total. The third-order valence-electron chi connectivity index (χ3n) is 5.34. The lowest BCUT2D eigenvalue weighted by molar-refractivity contribution is -0.140. The van der Waals surface area contributed by atoms with E-state index in [1.807, 2.05) is 7.05 Å². The van der Waals surface area contributed by atoms with E-state index in [1.54, 1.807) is 0 Å². The Bertz CT molecular complexity index is 572. The molecule has 0 unspecified atom stereocenters. The van der Waals surface area contributed by atoms with Crippen molar-refractivity contribution in [1.29, 1.82) is 0 Å². The summed E-state index contributed by atoms with van der Waals surface area (Å²) < 4.78 is 4.66. The van der Waals surface area contributed by atoms with E-state index in [-0.39, 0.29) is 35.4 Å². The Morgan fingerprint density at radius 1 is 1.11 bits per heavy atom. The van der Waals surface area contributed by atoms with Gasteiger partial charge in [0.15, 0.2) is 5.96 Å². The van der Waals surface area contributed by atoms with Gasteiger partial charge in [0.05, 0.1) is 7.11 Å². The first-order valence-electron chi connectivity index (χ1n) is 9.77. The van der Waals surface area contributed by atoms with Crippen molar-refractivity contribution >= 4 is 35.9 Å². The number of nitrogens with zero attached hydrogens (tertiary/aromatic N) is 1. The Balaban J connectivity index is 0.00000364. The van der Waals surface area contributed by atoms with E-state index in [9.17, 15) is 4.79 Å². The molecule has 1 aliphatic carbocycles. The average Bonchev–Trinajstić information content (AvgIpc) is 3.17. The fourth-order valence-electron chi connectivity index (χ4n) is 3.76. The number of hydrogen-bond acceptors (Lipinski definition) is 3. The maximum Gasteiger partial charge on any atom is 0.305 e. The van der Waals surface area contributed by atoms with Gasteiger partial charge in [-0.15, -0.1) is 24.0 Å². The van der Waals surface area contributed by atoms with Crippen LogP contribution in [-0.4, -0.2) is 39.2 Å². The number of hydrogen-bond donors (Lipinski definition) is 2. The van der Waals surface area contributed by atoms with Crippen LogP contribution in [0.2, 0.25) is 0 Å². The molecule has 1 saturated carbocycles. The molecule has 27 heavy (non-hydrogen) atoms. The van der Waals surface area contributed by atoms with Crippen LogP contribution in [-0.2, 0) is 14.9 Å². The number of methoxy groups -OCH3 is 1. The first kappa shape index (κ1) is 23.7. The number of rotatable bonds is 9. The minimum atomic E-state index is -0.127. The van der Waals surface area contributed by atoms with Crippen LogP contribution in [0.1, 0.15) is 56.9 Å². The number of benzene rings is 1. The molecule has 1 aromatic rings. The van der Waals surface area contributed by atoms with Crippen LogP contribution in [0.15, 0.2) is 35.3 Å². The fourth-order valence-corrected chi connectivity index (χ4v) is 3.76. The number of guanidine groups is 1. The van der Waals surface area contributed by atoms with Crippen LogP contribution in [0.4, 0.5) is 0 Å². The molecular weight excluding hydrogens is 453 g/mol. The van der Waals surface area contributed by atoms with E-state index < -0.39 is 0 Å². The maximum atomic E-state index is 11.1. The Hall–Kier alpha value is -1.31. The van der Waals surface area contributed by atoms with Crippen molar-refractivity contribution in [3.05, 3.63) is 35.9 Å². The number of ether oxygens (including phenoxy) is 1. The summed E-state index contributed by atoms with van der Waals surface area (Å²) in [6.07, 6.45) is 8.45. The highest BCUT2D eigenvalue weighted by atomic mass is 127. The monoisotopic (exact) mass is 487 g/mol. The summed E-state index contributed by atoms with van der Waals surface area (Å²) in [6, 6.07) is 10.9. The Labute approximate surface area is 180 Å². The summed E-state index contributed by atoms with van der Waals surface area (Å²) in [7, 11) is 3.25. The fraction of sp³-hybridized carbons (Fsp3) is 0.619. The molecule has 0 radical (unpaired) electrons. The Morgan fingerprint density at radius 2 is 1.81 bits per heavy atom. The lowest BCUT2D eigenvalue weighted by Crippen LogP contribution is -2.45. The van der Waals surface area contributed by atoms with Crippen LogP contribution < -0.4 is 10.6 Å². The Kier molecular flexibility index (Phi) is 11.4. The standard InChI is InChI=1S/C21H33N3O2.HI/c1-22-20(23-16-10-4-7-13-19(25)26-2)24-17-21(14-8-9-15-21)18-11-5-3-6-12-18;/h3,5-6,11-12H,4,7-10,13-17H2,1-2H3,(H2,22,23,24);1H. The molecular formula is C21H34IN3O2. The van der Waals surface area contributed by atoms with Gasteiger partial charge in [0.2, 0.25) is 0 Å². The first-order valence-corrected chi connectivity index (χ1v) is 9.77. The molecule has 0 heterocycles. The van der Waals surface area contributed by atoms with E-state index in [4.69, 9.17) is 0 Å². The van der Waals surface area contributed by atoms with Gasteiger partial charge in [-0.3, -0.25) is 9.79 Å². The van der Waals surface area contributed by atoms with Crippen molar-refractivity contribution in [3.63, 3.8) is 0 Å². The number of nitrogens with one attached hydrogen (secondary N) is 2. The van der Waals surface area contributed by atoms with Gasteiger partial charge in [-0.25, -0.2) is 0 Å². The number of esters is 1. The quantitative estimate of drug-likeness (QED) is 0.182. The number of halogens is 1. The van der Waals surface area contributed by atoms with E-state index >= 15 is 0 Å². The van der Waals surface area contributed by atoms with Crippen molar-refractivity contribution in [2.75, 3.05) is 27.2 Å². The number of carbonyl (C=O) groups is 1. The van der Waals surface area contributed by atoms with Gasteiger partial charge in [-0.2, -0.15) is 0 Å². The smallest absolute Gasteiger partial charge is 0.305 e. The van der Waals surface area contributed by atoms with Gasteiger partial charge in [0.25, 0.3) is 0 Å². The normalized spacial score (nSPS) is 15.7. The summed E-state index contributed by atoms with van der Waals surface area (Å²) in [6.45, 7) is 1.78. The largest absolute Gasteiger partial charge is 0.469 e. The molecule has 1 aromatic carbocycles. The minimum absolute atomic E-state index is 0. The predicted molar refractivity (Wildman–Crippen MR) is 122 cm³/mol. The van der Waals surface area contributed by atoms with Crippen LogP contribution in [0, 0.1) is 0 Å². The second-order valence-corrected chi connectivity index (χ2v) is 7.09. The summed E-state index contributed by atoms with van der Waals surface area (Å²) in [5.74, 6) is 0.735. The van der Waals surface area contributed by atoms with Crippen molar-refractivity contribution in [2.45, 2.75) is 56.8 Å². The molecule has 0 spiro atoms. The molecule has 152 valence electrons. The highest BCUT2D eigenvalue weighted by Crippen LogP contribution is 2.40. The van der Waals surface area contributed by atoms with Crippen molar-refractivity contribution in [2.24, 2.45) is 4.99 Å². The molecule has 0 saturated heterocycles.